The van der Waals surface area contributed by atoms with Crippen molar-refractivity contribution >= 4 is 12.1 Å². The average Bonchev–Trinajstić information content (AvgIpc) is 1.86. The highest BCUT2D eigenvalue weighted by molar-refractivity contribution is 5.70. The summed E-state index contributed by atoms with van der Waals surface area (Å²) < 4.78 is 2.11. The van der Waals surface area contributed by atoms with Gasteiger partial charge in [0.2, 0.25) is 5.91 Å². The molecule has 2 N–H and O–H groups in total. The molecule has 0 heterocycles. The first-order valence-corrected chi connectivity index (χ1v) is 4.26. The molecule has 3 nitrogen and oxygen atoms in total. The van der Waals surface area contributed by atoms with Crippen LogP contribution in [-0.4, -0.2) is 30.8 Å². The van der Waals surface area contributed by atoms with Gasteiger partial charge >= 0.3 is 0 Å². The highest BCUT2D eigenvalue weighted by atomic mass is 16.2. The van der Waals surface area contributed by atoms with Crippen LogP contribution in [0.4, 0.5) is 0 Å². The van der Waals surface area contributed by atoms with Gasteiger partial charge in [0.1, 0.15) is 20.3 Å². The van der Waals surface area contributed by atoms with Crippen LogP contribution in [0.3, 0.4) is 0 Å². The molecule has 0 aromatic heterocycles. The van der Waals surface area contributed by atoms with Crippen molar-refractivity contribution in [3.8, 4) is 0 Å². The molecule has 0 rings (SSSR count). The summed E-state index contributed by atoms with van der Waals surface area (Å²) in [4.78, 5) is 9.22. The van der Waals surface area contributed by atoms with Gasteiger partial charge in [0.15, 0.2) is 0 Å². The van der Waals surface area contributed by atoms with Gasteiger partial charge < -0.3 is 5.73 Å². The maximum atomic E-state index is 9.22. The van der Waals surface area contributed by atoms with E-state index in [0.29, 0.717) is 0 Å². The summed E-state index contributed by atoms with van der Waals surface area (Å²) in [6.45, 7) is 3.52. The van der Waals surface area contributed by atoms with Crippen LogP contribution >= 0.6 is 0 Å². The Morgan fingerprint density at radius 1 is 1.50 bits per heavy atom. The first-order valence-electron chi connectivity index (χ1n) is 4.26. The highest BCUT2D eigenvalue weighted by Gasteiger charge is 1.82. The van der Waals surface area contributed by atoms with Crippen LogP contribution in [0.15, 0.2) is 0 Å². The lowest BCUT2D eigenvalue weighted by molar-refractivity contribution is -0.460. The molecule has 0 bridgehead atoms. The second kappa shape index (κ2) is 10.1. The number of nitrogens with zero attached hydrogens (tertiary/aromatic N) is 1. The number of hydrogen-bond donors (Lipinski definition) is 1. The Morgan fingerprint density at radius 2 is 1.92 bits per heavy atom. The number of amides is 1. The van der Waals surface area contributed by atoms with Gasteiger partial charge in [-0.2, -0.15) is 0 Å². The lowest BCUT2D eigenvalue weighted by Gasteiger charge is -1.85. The molecule has 12 heavy (non-hydrogen) atoms. The molecule has 3 heteroatoms. The maximum absolute atomic E-state index is 9.22. The summed E-state index contributed by atoms with van der Waals surface area (Å²) >= 11 is 0. The van der Waals surface area contributed by atoms with Crippen molar-refractivity contribution in [3.63, 3.8) is 0 Å². The second-order valence-electron chi connectivity index (χ2n) is 2.90. The molecule has 0 fully saturated rings. The molecular formula is C9H21N2O+. The standard InChI is InChI=1S/C7H16N.C2H5NO/c1-4-5-6-7-8(2)3;1-2(3)4/h7H,4-6H2,1-3H3;1H3,(H2,3,4)/q+1;/i1+1,4+1;3+1. The van der Waals surface area contributed by atoms with E-state index in [9.17, 15) is 4.79 Å². The van der Waals surface area contributed by atoms with E-state index in [-0.39, 0.29) is 5.91 Å². The number of carbonyl (C=O) groups is 1. The van der Waals surface area contributed by atoms with E-state index in [1.165, 1.54) is 26.2 Å². The van der Waals surface area contributed by atoms with Gasteiger partial charge in [0.25, 0.3) is 0 Å². The minimum Gasteiger partial charge on any atom is -0.370 e. The van der Waals surface area contributed by atoms with E-state index in [1.807, 2.05) is 0 Å². The molecule has 0 saturated carbocycles. The Labute approximate surface area is 75.3 Å². The number of primary amides is 1. The third-order valence-electron chi connectivity index (χ3n) is 1.05. The summed E-state index contributed by atoms with van der Waals surface area (Å²) in [5.41, 5.74) is 4.47. The third kappa shape index (κ3) is 35.3. The minimum atomic E-state index is -0.333. The second-order valence-corrected chi connectivity index (χ2v) is 2.90. The number of carbonyl (C=O) groups excluding carboxylic acids is 1. The molecular weight excluding hydrogens is 155 g/mol. The Balaban J connectivity index is 0. The van der Waals surface area contributed by atoms with Gasteiger partial charge in [0, 0.05) is 13.3 Å². The van der Waals surface area contributed by atoms with E-state index < -0.39 is 0 Å². The van der Waals surface area contributed by atoms with Crippen LogP contribution < -0.4 is 5.73 Å². The monoisotopic (exact) mass is 176 g/mol. The first-order chi connectivity index (χ1) is 5.50. The number of rotatable bonds is 3. The van der Waals surface area contributed by atoms with Gasteiger partial charge in [-0.25, -0.2) is 4.58 Å². The van der Waals surface area contributed by atoms with Crippen LogP contribution in [0.25, 0.3) is 0 Å². The molecule has 0 aromatic rings. The normalized spacial score (nSPS) is 8.00. The van der Waals surface area contributed by atoms with Crippen molar-refractivity contribution in [1.82, 2.24) is 0 Å². The molecule has 1 amide bonds. The van der Waals surface area contributed by atoms with E-state index in [4.69, 9.17) is 0 Å². The van der Waals surface area contributed by atoms with E-state index in [0.717, 1.165) is 0 Å². The Kier molecular flexibility index (Phi) is 11.6. The van der Waals surface area contributed by atoms with Gasteiger partial charge in [-0.1, -0.05) is 13.3 Å². The van der Waals surface area contributed by atoms with Crippen LogP contribution in [0, 0.1) is 0 Å². The smallest absolute Gasteiger partial charge is 0.214 e. The quantitative estimate of drug-likeness (QED) is 0.225. The molecule has 0 unspecified atom stereocenters. The summed E-state index contributed by atoms with van der Waals surface area (Å²) in [5, 5.41) is 0. The van der Waals surface area contributed by atoms with E-state index >= 15 is 0 Å². The SMILES string of the molecule is CC([15NH2])=O.C[N+](C)=CCC[13CH2][13CH3]. The molecule has 0 radical (unpaired) electrons. The van der Waals surface area contributed by atoms with Crippen molar-refractivity contribution in [2.24, 2.45) is 5.73 Å². The molecule has 0 atom stereocenters. The first kappa shape index (κ1) is 13.7. The molecule has 0 spiro atoms. The van der Waals surface area contributed by atoms with E-state index in [2.05, 4.69) is 37.5 Å². The van der Waals surface area contributed by atoms with Gasteiger partial charge in [-0.05, 0) is 6.42 Å². The minimum absolute atomic E-state index is 0.333. The summed E-state index contributed by atoms with van der Waals surface area (Å²) in [6.07, 6.45) is 6.05. The zero-order valence-corrected chi connectivity index (χ0v) is 8.63. The fraction of sp³-hybridized carbons (Fsp3) is 0.778. The van der Waals surface area contributed by atoms with Gasteiger partial charge in [-0.15, -0.1) is 0 Å². The fourth-order valence-electron chi connectivity index (χ4n) is 0.554. The third-order valence-corrected chi connectivity index (χ3v) is 1.05. The van der Waals surface area contributed by atoms with Crippen molar-refractivity contribution in [1.29, 1.82) is 0 Å². The topological polar surface area (TPSA) is 46.1 Å². The van der Waals surface area contributed by atoms with Crippen LogP contribution in [0.5, 0.6) is 0 Å². The number of hydrogen-bond acceptors (Lipinski definition) is 1. The zero-order valence-electron chi connectivity index (χ0n) is 8.63. The van der Waals surface area contributed by atoms with Crippen molar-refractivity contribution in [3.05, 3.63) is 0 Å². The largest absolute Gasteiger partial charge is 0.370 e. The van der Waals surface area contributed by atoms with Crippen molar-refractivity contribution in [2.75, 3.05) is 14.1 Å². The van der Waals surface area contributed by atoms with Crippen molar-refractivity contribution in [2.45, 2.75) is 33.1 Å². The molecule has 0 aliphatic rings. The molecule has 0 saturated heterocycles. The van der Waals surface area contributed by atoms with Gasteiger partial charge in [0.05, 0.1) is 0 Å². The maximum Gasteiger partial charge on any atom is 0.214 e. The predicted molar refractivity (Wildman–Crippen MR) is 52.6 cm³/mol. The van der Waals surface area contributed by atoms with Crippen molar-refractivity contribution < 1.29 is 9.37 Å². The predicted octanol–water partition coefficient (Wildman–Crippen LogP) is 1.01. The Morgan fingerprint density at radius 3 is 2.17 bits per heavy atom. The highest BCUT2D eigenvalue weighted by Crippen LogP contribution is 1.88. The molecule has 0 aromatic carbocycles. The van der Waals surface area contributed by atoms with Crippen LogP contribution in [0.1, 0.15) is 33.1 Å². The lowest BCUT2D eigenvalue weighted by atomic mass is 10.4. The fourth-order valence-corrected chi connectivity index (χ4v) is 0.554. The van der Waals surface area contributed by atoms with Crippen LogP contribution in [0.2, 0.25) is 0 Å². The Bertz CT molecular complexity index is 133. The number of unbranched alkanes of at least 4 members (excludes halogenated alkanes) is 2. The van der Waals surface area contributed by atoms with Crippen LogP contribution in [-0.2, 0) is 4.79 Å². The summed E-state index contributed by atoms with van der Waals surface area (Å²) in [6, 6.07) is 0. The average molecular weight is 176 g/mol. The van der Waals surface area contributed by atoms with E-state index in [1.54, 1.807) is 0 Å². The lowest BCUT2D eigenvalue weighted by Crippen LogP contribution is -2.01. The summed E-state index contributed by atoms with van der Waals surface area (Å²) in [7, 11) is 4.13. The number of nitrogens with two attached hydrogens (primary N) is 1. The summed E-state index contributed by atoms with van der Waals surface area (Å²) in [5.74, 6) is -0.333. The zero-order chi connectivity index (χ0) is 9.98. The Hall–Kier alpha value is -0.860. The molecule has 72 valence electrons. The molecule has 0 aliphatic heterocycles. The molecule has 0 aliphatic carbocycles. The van der Waals surface area contributed by atoms with Gasteiger partial charge in [-0.3, -0.25) is 4.79 Å².